The summed E-state index contributed by atoms with van der Waals surface area (Å²) in [5, 5.41) is 4.42. The van der Waals surface area contributed by atoms with E-state index in [0.29, 0.717) is 28.2 Å². The number of amides is 1. The van der Waals surface area contributed by atoms with E-state index in [1.807, 2.05) is 4.90 Å². The van der Waals surface area contributed by atoms with Gasteiger partial charge in [0, 0.05) is 46.3 Å². The number of nitrogens with zero attached hydrogens (tertiary/aromatic N) is 5. The van der Waals surface area contributed by atoms with E-state index in [9.17, 15) is 9.59 Å². The second-order valence-corrected chi connectivity index (χ2v) is 8.98. The van der Waals surface area contributed by atoms with Crippen LogP contribution in [0.25, 0.3) is 4.96 Å². The van der Waals surface area contributed by atoms with Crippen LogP contribution in [0.15, 0.2) is 9.13 Å². The summed E-state index contributed by atoms with van der Waals surface area (Å²) in [4.78, 5) is 34.5. The van der Waals surface area contributed by atoms with E-state index in [1.165, 1.54) is 27.6 Å². The van der Waals surface area contributed by atoms with Gasteiger partial charge in [-0.1, -0.05) is 23.1 Å². The Hall–Kier alpha value is -1.49. The van der Waals surface area contributed by atoms with E-state index in [2.05, 4.69) is 15.0 Å². The lowest BCUT2D eigenvalue weighted by Crippen LogP contribution is -2.38. The summed E-state index contributed by atoms with van der Waals surface area (Å²) < 4.78 is 7.24. The molecule has 0 saturated carbocycles. The van der Waals surface area contributed by atoms with Crippen LogP contribution < -0.4 is 5.56 Å². The summed E-state index contributed by atoms with van der Waals surface area (Å²) in [6.45, 7) is 4.62. The summed E-state index contributed by atoms with van der Waals surface area (Å²) in [6.07, 6.45) is 2.94. The van der Waals surface area contributed by atoms with Crippen LogP contribution in [0.1, 0.15) is 24.1 Å². The lowest BCUT2D eigenvalue weighted by Gasteiger charge is -2.26. The molecule has 146 valence electrons. The van der Waals surface area contributed by atoms with Gasteiger partial charge in [0.1, 0.15) is 0 Å². The van der Waals surface area contributed by atoms with Crippen LogP contribution in [-0.2, 0) is 22.5 Å². The van der Waals surface area contributed by atoms with Crippen molar-refractivity contribution in [1.82, 2.24) is 24.4 Å². The Bertz CT molecular complexity index is 891. The molecule has 2 aromatic rings. The van der Waals surface area contributed by atoms with Crippen LogP contribution >= 0.6 is 23.1 Å². The summed E-state index contributed by atoms with van der Waals surface area (Å²) >= 11 is 2.78. The fourth-order valence-electron chi connectivity index (χ4n) is 3.49. The number of likely N-dealkylation sites (tertiary alicyclic amines) is 1. The van der Waals surface area contributed by atoms with Gasteiger partial charge >= 0.3 is 0 Å². The SMILES string of the molecule is COCCN1CCc2nc3sc(SCC(=O)N4CCCC4)nn3c(=O)c2C1. The summed E-state index contributed by atoms with van der Waals surface area (Å²) in [6, 6.07) is 0. The maximum atomic E-state index is 12.9. The van der Waals surface area contributed by atoms with E-state index < -0.39 is 0 Å². The highest BCUT2D eigenvalue weighted by molar-refractivity contribution is 8.01. The third-order valence-corrected chi connectivity index (χ3v) is 7.03. The molecule has 0 atom stereocenters. The lowest BCUT2D eigenvalue weighted by molar-refractivity contribution is -0.127. The molecule has 4 rings (SSSR count). The van der Waals surface area contributed by atoms with Gasteiger partial charge in [0.25, 0.3) is 5.56 Å². The number of carbonyl (C=O) groups is 1. The normalized spacial score (nSPS) is 17.6. The van der Waals surface area contributed by atoms with Gasteiger partial charge in [-0.05, 0) is 12.8 Å². The van der Waals surface area contributed by atoms with E-state index in [0.717, 1.165) is 56.7 Å². The van der Waals surface area contributed by atoms with Crippen molar-refractivity contribution < 1.29 is 9.53 Å². The number of hydrogen-bond donors (Lipinski definition) is 0. The Morgan fingerprint density at radius 2 is 2.11 bits per heavy atom. The number of methoxy groups -OCH3 is 1. The smallest absolute Gasteiger partial charge is 0.279 e. The molecule has 0 aliphatic carbocycles. The average molecular weight is 410 g/mol. The molecule has 10 heteroatoms. The number of hydrogen-bond acceptors (Lipinski definition) is 8. The first-order valence-electron chi connectivity index (χ1n) is 9.19. The molecule has 0 spiro atoms. The van der Waals surface area contributed by atoms with Gasteiger partial charge in [-0.2, -0.15) is 4.52 Å². The Morgan fingerprint density at radius 3 is 2.89 bits per heavy atom. The predicted molar refractivity (Wildman–Crippen MR) is 105 cm³/mol. The minimum absolute atomic E-state index is 0.0916. The third-order valence-electron chi connectivity index (χ3n) is 5.01. The number of ether oxygens (including phenoxy) is 1. The first-order chi connectivity index (χ1) is 13.2. The Labute approximate surface area is 165 Å². The highest BCUT2D eigenvalue weighted by Crippen LogP contribution is 2.25. The fraction of sp³-hybridized carbons (Fsp3) is 0.647. The summed E-state index contributed by atoms with van der Waals surface area (Å²) in [5.74, 6) is 0.504. The first-order valence-corrected chi connectivity index (χ1v) is 11.0. The van der Waals surface area contributed by atoms with Crippen molar-refractivity contribution in [1.29, 1.82) is 0 Å². The van der Waals surface area contributed by atoms with Gasteiger partial charge < -0.3 is 9.64 Å². The van der Waals surface area contributed by atoms with Gasteiger partial charge in [-0.25, -0.2) is 4.98 Å². The average Bonchev–Trinajstić information content (AvgIpc) is 3.35. The molecule has 0 aromatic carbocycles. The number of thioether (sulfide) groups is 1. The number of aromatic nitrogens is 3. The highest BCUT2D eigenvalue weighted by atomic mass is 32.2. The van der Waals surface area contributed by atoms with Crippen LogP contribution in [0, 0.1) is 0 Å². The molecule has 0 bridgehead atoms. The molecule has 2 aliphatic rings. The summed E-state index contributed by atoms with van der Waals surface area (Å²) in [7, 11) is 1.68. The predicted octanol–water partition coefficient (Wildman–Crippen LogP) is 0.870. The molecule has 2 aliphatic heterocycles. The molecular weight excluding hydrogens is 386 g/mol. The van der Waals surface area contributed by atoms with Crippen molar-refractivity contribution in [3.05, 3.63) is 21.6 Å². The van der Waals surface area contributed by atoms with Crippen molar-refractivity contribution in [2.24, 2.45) is 0 Å². The van der Waals surface area contributed by atoms with Gasteiger partial charge in [-0.3, -0.25) is 14.5 Å². The van der Waals surface area contributed by atoms with Crippen LogP contribution in [0.3, 0.4) is 0 Å². The van der Waals surface area contributed by atoms with Crippen LogP contribution in [0.5, 0.6) is 0 Å². The van der Waals surface area contributed by atoms with Crippen molar-refractivity contribution in [3.8, 4) is 0 Å². The Morgan fingerprint density at radius 1 is 1.30 bits per heavy atom. The molecule has 0 radical (unpaired) electrons. The zero-order valence-electron chi connectivity index (χ0n) is 15.3. The molecule has 2 aromatic heterocycles. The third kappa shape index (κ3) is 4.03. The Kier molecular flexibility index (Phi) is 5.76. The minimum atomic E-state index is -0.0916. The molecule has 0 unspecified atom stereocenters. The second kappa shape index (κ2) is 8.26. The van der Waals surface area contributed by atoms with Gasteiger partial charge in [0.15, 0.2) is 4.34 Å². The molecule has 0 N–H and O–H groups in total. The zero-order chi connectivity index (χ0) is 18.8. The van der Waals surface area contributed by atoms with E-state index in [1.54, 1.807) is 7.11 Å². The molecular formula is C17H23N5O3S2. The van der Waals surface area contributed by atoms with E-state index in [4.69, 9.17) is 4.74 Å². The minimum Gasteiger partial charge on any atom is -0.383 e. The number of rotatable bonds is 6. The molecule has 8 nitrogen and oxygen atoms in total. The van der Waals surface area contributed by atoms with Crippen molar-refractivity contribution in [3.63, 3.8) is 0 Å². The summed E-state index contributed by atoms with van der Waals surface area (Å²) in [5.41, 5.74) is 1.51. The van der Waals surface area contributed by atoms with Crippen molar-refractivity contribution in [2.45, 2.75) is 30.1 Å². The quantitative estimate of drug-likeness (QED) is 0.655. The molecule has 4 heterocycles. The van der Waals surface area contributed by atoms with Crippen molar-refractivity contribution in [2.75, 3.05) is 45.6 Å². The fourth-order valence-corrected chi connectivity index (χ4v) is 5.34. The zero-order valence-corrected chi connectivity index (χ0v) is 17.0. The topological polar surface area (TPSA) is 80.0 Å². The van der Waals surface area contributed by atoms with E-state index in [-0.39, 0.29) is 11.5 Å². The Balaban J connectivity index is 1.50. The monoisotopic (exact) mass is 409 g/mol. The largest absolute Gasteiger partial charge is 0.383 e. The van der Waals surface area contributed by atoms with Crippen LogP contribution in [0.4, 0.5) is 0 Å². The molecule has 27 heavy (non-hydrogen) atoms. The van der Waals surface area contributed by atoms with E-state index >= 15 is 0 Å². The number of fused-ring (bicyclic) bond motifs is 2. The van der Waals surface area contributed by atoms with Gasteiger partial charge in [-0.15, -0.1) is 5.10 Å². The second-order valence-electron chi connectivity index (χ2n) is 6.80. The van der Waals surface area contributed by atoms with Gasteiger partial charge in [0.2, 0.25) is 10.9 Å². The van der Waals surface area contributed by atoms with Crippen LogP contribution in [-0.4, -0.2) is 76.0 Å². The standard InChI is InChI=1S/C17H23N5O3S2/c1-25-9-8-20-7-4-13-12(10-20)15(24)22-16(18-13)27-17(19-22)26-11-14(23)21-5-2-3-6-21/h2-11H2,1H3. The maximum Gasteiger partial charge on any atom is 0.279 e. The maximum absolute atomic E-state index is 12.9. The molecule has 1 fully saturated rings. The van der Waals surface area contributed by atoms with Crippen LogP contribution in [0.2, 0.25) is 0 Å². The lowest BCUT2D eigenvalue weighted by atomic mass is 10.1. The molecule has 1 amide bonds. The highest BCUT2D eigenvalue weighted by Gasteiger charge is 2.24. The van der Waals surface area contributed by atoms with Gasteiger partial charge in [0.05, 0.1) is 23.6 Å². The molecule has 1 saturated heterocycles. The first kappa shape index (κ1) is 18.9. The van der Waals surface area contributed by atoms with Crippen molar-refractivity contribution >= 4 is 34.0 Å². The number of carbonyl (C=O) groups excluding carboxylic acids is 1.